The Morgan fingerprint density at radius 3 is 1.89 bits per heavy atom. The van der Waals surface area contributed by atoms with Gasteiger partial charge in [-0.2, -0.15) is 0 Å². The molecule has 1 fully saturated rings. The Morgan fingerprint density at radius 1 is 0.895 bits per heavy atom. The van der Waals surface area contributed by atoms with Crippen LogP contribution in [0.2, 0.25) is 6.04 Å². The van der Waals surface area contributed by atoms with E-state index in [0.29, 0.717) is 32.0 Å². The quantitative estimate of drug-likeness (QED) is 0.333. The minimum atomic E-state index is -2.50. The molecule has 0 aromatic carbocycles. The predicted octanol–water partition coefficient (Wildman–Crippen LogP) is 3.16. The molecule has 1 saturated heterocycles. The standard InChI is InChI=1S/C14H28O4Si/c1-5-13-14(18-13)11-9-10-12-19(15-6-2,16-7-3)17-8-4/h9-10,13-14H,5-8,11-12H2,1-4H3. The highest BCUT2D eigenvalue weighted by Crippen LogP contribution is 2.28. The van der Waals surface area contributed by atoms with E-state index in [2.05, 4.69) is 19.1 Å². The van der Waals surface area contributed by atoms with Gasteiger partial charge in [0.2, 0.25) is 0 Å². The van der Waals surface area contributed by atoms with Crippen molar-refractivity contribution in [2.24, 2.45) is 0 Å². The van der Waals surface area contributed by atoms with Gasteiger partial charge in [-0.25, -0.2) is 0 Å². The molecule has 0 radical (unpaired) electrons. The Morgan fingerprint density at radius 2 is 1.47 bits per heavy atom. The number of hydrogen-bond acceptors (Lipinski definition) is 4. The fourth-order valence-corrected chi connectivity index (χ4v) is 4.54. The summed E-state index contributed by atoms with van der Waals surface area (Å²) >= 11 is 0. The van der Waals surface area contributed by atoms with Gasteiger partial charge in [0.25, 0.3) is 0 Å². The van der Waals surface area contributed by atoms with Crippen LogP contribution >= 0.6 is 0 Å². The monoisotopic (exact) mass is 288 g/mol. The summed E-state index contributed by atoms with van der Waals surface area (Å²) in [5.74, 6) is 0. The maximum Gasteiger partial charge on any atom is 0.504 e. The first-order valence-electron chi connectivity index (χ1n) is 7.43. The van der Waals surface area contributed by atoms with Crippen molar-refractivity contribution in [1.82, 2.24) is 0 Å². The molecule has 0 aromatic rings. The first kappa shape index (κ1) is 16.9. The van der Waals surface area contributed by atoms with E-state index in [9.17, 15) is 0 Å². The number of rotatable bonds is 11. The molecule has 5 heteroatoms. The molecule has 0 amide bonds. The van der Waals surface area contributed by atoms with Gasteiger partial charge in [0.15, 0.2) is 0 Å². The molecule has 2 atom stereocenters. The molecule has 1 rings (SSSR count). The highest BCUT2D eigenvalue weighted by Gasteiger charge is 2.39. The summed E-state index contributed by atoms with van der Waals surface area (Å²) in [5.41, 5.74) is 0. The summed E-state index contributed by atoms with van der Waals surface area (Å²) in [6.45, 7) is 9.98. The van der Waals surface area contributed by atoms with Crippen molar-refractivity contribution in [1.29, 1.82) is 0 Å². The van der Waals surface area contributed by atoms with Crippen LogP contribution in [0.1, 0.15) is 40.5 Å². The Balaban J connectivity index is 2.39. The lowest BCUT2D eigenvalue weighted by Gasteiger charge is -2.27. The van der Waals surface area contributed by atoms with Gasteiger partial charge in [-0.15, -0.1) is 0 Å². The molecule has 112 valence electrons. The second kappa shape index (κ2) is 8.87. The third-order valence-corrected chi connectivity index (χ3v) is 6.01. The van der Waals surface area contributed by atoms with Crippen LogP contribution in [0, 0.1) is 0 Å². The van der Waals surface area contributed by atoms with Crippen LogP contribution < -0.4 is 0 Å². The van der Waals surface area contributed by atoms with E-state index >= 15 is 0 Å². The zero-order valence-corrected chi connectivity index (χ0v) is 13.7. The van der Waals surface area contributed by atoms with Crippen LogP contribution in [0.4, 0.5) is 0 Å². The van der Waals surface area contributed by atoms with E-state index in [1.165, 1.54) is 0 Å². The Hall–Kier alpha value is -0.203. The van der Waals surface area contributed by atoms with E-state index in [0.717, 1.165) is 18.9 Å². The van der Waals surface area contributed by atoms with Crippen LogP contribution in [0.25, 0.3) is 0 Å². The largest absolute Gasteiger partial charge is 0.504 e. The SMILES string of the molecule is CCO[Si](CC=CCC1OC1CC)(OCC)OCC. The maximum atomic E-state index is 5.79. The number of ether oxygens (including phenoxy) is 1. The Labute approximate surface area is 118 Å². The topological polar surface area (TPSA) is 40.2 Å². The molecular weight excluding hydrogens is 260 g/mol. The highest BCUT2D eigenvalue weighted by molar-refractivity contribution is 6.61. The lowest BCUT2D eigenvalue weighted by molar-refractivity contribution is 0.0742. The second-order valence-electron chi connectivity index (χ2n) is 4.51. The fraction of sp³-hybridized carbons (Fsp3) is 0.857. The molecule has 0 N–H and O–H groups in total. The van der Waals surface area contributed by atoms with Crippen LogP contribution in [0.5, 0.6) is 0 Å². The third-order valence-electron chi connectivity index (χ3n) is 3.09. The maximum absolute atomic E-state index is 5.79. The van der Waals surface area contributed by atoms with Crippen molar-refractivity contribution >= 4 is 8.80 Å². The van der Waals surface area contributed by atoms with Gasteiger partial charge in [0.05, 0.1) is 12.2 Å². The molecule has 19 heavy (non-hydrogen) atoms. The summed E-state index contributed by atoms with van der Waals surface area (Å²) in [5, 5.41) is 0. The summed E-state index contributed by atoms with van der Waals surface area (Å²) in [4.78, 5) is 0. The first-order chi connectivity index (χ1) is 9.21. The summed E-state index contributed by atoms with van der Waals surface area (Å²) < 4.78 is 22.9. The lowest BCUT2D eigenvalue weighted by atomic mass is 10.2. The van der Waals surface area contributed by atoms with Crippen molar-refractivity contribution in [3.05, 3.63) is 12.2 Å². The molecule has 1 aliphatic rings. The molecule has 2 unspecified atom stereocenters. The molecule has 1 aliphatic heterocycles. The Bertz CT molecular complexity index is 253. The summed E-state index contributed by atoms with van der Waals surface area (Å²) in [7, 11) is -2.50. The molecule has 1 heterocycles. The van der Waals surface area contributed by atoms with Crippen LogP contribution in [0.15, 0.2) is 12.2 Å². The van der Waals surface area contributed by atoms with Crippen molar-refractivity contribution < 1.29 is 18.0 Å². The van der Waals surface area contributed by atoms with Crippen molar-refractivity contribution in [2.75, 3.05) is 19.8 Å². The predicted molar refractivity (Wildman–Crippen MR) is 78.1 cm³/mol. The normalized spacial score (nSPS) is 23.2. The molecule has 0 spiro atoms. The average Bonchev–Trinajstić information content (AvgIpc) is 3.14. The molecule has 0 saturated carbocycles. The van der Waals surface area contributed by atoms with Crippen LogP contribution in [0.3, 0.4) is 0 Å². The number of epoxide rings is 1. The lowest BCUT2D eigenvalue weighted by Crippen LogP contribution is -2.45. The zero-order valence-electron chi connectivity index (χ0n) is 12.7. The summed E-state index contributed by atoms with van der Waals surface area (Å²) in [6, 6.07) is 0.742. The van der Waals surface area contributed by atoms with Gasteiger partial charge in [0, 0.05) is 25.9 Å². The Kier molecular flexibility index (Phi) is 7.86. The second-order valence-corrected chi connectivity index (χ2v) is 7.15. The molecule has 4 nitrogen and oxygen atoms in total. The smallest absolute Gasteiger partial charge is 0.374 e. The van der Waals surface area contributed by atoms with Crippen molar-refractivity contribution in [3.63, 3.8) is 0 Å². The fourth-order valence-electron chi connectivity index (χ4n) is 2.17. The number of allylic oxidation sites excluding steroid dienone is 1. The van der Waals surface area contributed by atoms with Gasteiger partial charge in [-0.1, -0.05) is 19.1 Å². The minimum absolute atomic E-state index is 0.420. The van der Waals surface area contributed by atoms with Gasteiger partial charge >= 0.3 is 8.80 Å². The minimum Gasteiger partial charge on any atom is -0.374 e. The van der Waals surface area contributed by atoms with Crippen molar-refractivity contribution in [3.8, 4) is 0 Å². The van der Waals surface area contributed by atoms with E-state index in [1.54, 1.807) is 0 Å². The molecule has 0 bridgehead atoms. The highest BCUT2D eigenvalue weighted by atomic mass is 28.4. The number of hydrogen-bond donors (Lipinski definition) is 0. The van der Waals surface area contributed by atoms with Gasteiger partial charge < -0.3 is 18.0 Å². The van der Waals surface area contributed by atoms with E-state index in [-0.39, 0.29) is 0 Å². The van der Waals surface area contributed by atoms with E-state index in [4.69, 9.17) is 18.0 Å². The van der Waals surface area contributed by atoms with E-state index < -0.39 is 8.80 Å². The first-order valence-corrected chi connectivity index (χ1v) is 9.36. The third kappa shape index (κ3) is 5.75. The molecule has 0 aromatic heterocycles. The van der Waals surface area contributed by atoms with Crippen LogP contribution in [-0.2, 0) is 18.0 Å². The van der Waals surface area contributed by atoms with Crippen LogP contribution in [-0.4, -0.2) is 40.8 Å². The van der Waals surface area contributed by atoms with Gasteiger partial charge in [-0.3, -0.25) is 0 Å². The van der Waals surface area contributed by atoms with Gasteiger partial charge in [0.1, 0.15) is 0 Å². The van der Waals surface area contributed by atoms with E-state index in [1.807, 2.05) is 20.8 Å². The van der Waals surface area contributed by atoms with Crippen molar-refractivity contribution in [2.45, 2.75) is 58.8 Å². The molecule has 0 aliphatic carbocycles. The molecular formula is C14H28O4Si. The average molecular weight is 288 g/mol. The zero-order chi connectivity index (χ0) is 14.1. The van der Waals surface area contributed by atoms with Gasteiger partial charge in [-0.05, 0) is 33.6 Å². The summed E-state index contributed by atoms with van der Waals surface area (Å²) in [6.07, 6.45) is 7.27.